The van der Waals surface area contributed by atoms with E-state index in [0.29, 0.717) is 17.2 Å². The van der Waals surface area contributed by atoms with Crippen molar-refractivity contribution in [1.82, 2.24) is 15.0 Å². The highest BCUT2D eigenvalue weighted by atomic mass is 15.0. The van der Waals surface area contributed by atoms with Crippen LogP contribution in [-0.4, -0.2) is 15.0 Å². The number of hydrogen-bond acceptors (Lipinski definition) is 4. The van der Waals surface area contributed by atoms with E-state index in [9.17, 15) is 0 Å². The molecule has 2 heterocycles. The number of aromatic nitrogens is 3. The zero-order valence-electron chi connectivity index (χ0n) is 6.65. The minimum Gasteiger partial charge on any atom is -0.382 e. The third kappa shape index (κ3) is 0.972. The lowest BCUT2D eigenvalue weighted by molar-refractivity contribution is 1.09. The molecule has 0 saturated carbocycles. The maximum absolute atomic E-state index is 5.64. The normalized spacial score (nSPS) is 10.4. The molecule has 0 aliphatic rings. The van der Waals surface area contributed by atoms with E-state index < -0.39 is 0 Å². The van der Waals surface area contributed by atoms with E-state index in [0.717, 1.165) is 5.52 Å². The molecule has 0 amide bonds. The van der Waals surface area contributed by atoms with Gasteiger partial charge in [-0.3, -0.25) is 4.98 Å². The Labute approximate surface area is 69.5 Å². The molecule has 2 aromatic heterocycles. The summed E-state index contributed by atoms with van der Waals surface area (Å²) in [6.07, 6.45) is 1.68. The van der Waals surface area contributed by atoms with Gasteiger partial charge in [-0.15, -0.1) is 0 Å². The zero-order chi connectivity index (χ0) is 8.55. The van der Waals surface area contributed by atoms with E-state index in [1.807, 2.05) is 19.1 Å². The van der Waals surface area contributed by atoms with Crippen molar-refractivity contribution in [3.63, 3.8) is 0 Å². The summed E-state index contributed by atoms with van der Waals surface area (Å²) < 4.78 is 0. The number of pyridine rings is 1. The lowest BCUT2D eigenvalue weighted by atomic mass is 10.3. The lowest BCUT2D eigenvalue weighted by Crippen LogP contribution is -1.98. The van der Waals surface area contributed by atoms with E-state index in [4.69, 9.17) is 5.73 Å². The summed E-state index contributed by atoms with van der Waals surface area (Å²) in [6, 6.07) is 3.70. The first-order valence-corrected chi connectivity index (χ1v) is 3.62. The van der Waals surface area contributed by atoms with Crippen LogP contribution in [0.2, 0.25) is 0 Å². The average Bonchev–Trinajstić information content (AvgIpc) is 2.04. The predicted molar refractivity (Wildman–Crippen MR) is 46.5 cm³/mol. The molecule has 0 spiro atoms. The molecule has 0 aromatic carbocycles. The predicted octanol–water partition coefficient (Wildman–Crippen LogP) is 0.915. The molecule has 0 aliphatic carbocycles. The molecule has 2 N–H and O–H groups in total. The monoisotopic (exact) mass is 160 g/mol. The number of anilines is 1. The van der Waals surface area contributed by atoms with Gasteiger partial charge >= 0.3 is 0 Å². The Morgan fingerprint density at radius 3 is 3.00 bits per heavy atom. The molecule has 0 radical (unpaired) electrons. The number of rotatable bonds is 0. The topological polar surface area (TPSA) is 64.7 Å². The minimum atomic E-state index is 0.443. The SMILES string of the molecule is Cc1nc(N)c2ncccc2n1. The summed E-state index contributed by atoms with van der Waals surface area (Å²) in [5, 5.41) is 0. The third-order valence-corrected chi connectivity index (χ3v) is 1.59. The van der Waals surface area contributed by atoms with Gasteiger partial charge in [0.1, 0.15) is 11.3 Å². The minimum absolute atomic E-state index is 0.443. The first-order valence-electron chi connectivity index (χ1n) is 3.62. The van der Waals surface area contributed by atoms with Crippen molar-refractivity contribution in [2.75, 3.05) is 5.73 Å². The van der Waals surface area contributed by atoms with Crippen LogP contribution in [0.1, 0.15) is 5.82 Å². The van der Waals surface area contributed by atoms with Crippen LogP contribution < -0.4 is 5.73 Å². The molecule has 2 aromatic rings. The summed E-state index contributed by atoms with van der Waals surface area (Å²) in [5.74, 6) is 1.12. The van der Waals surface area contributed by atoms with Gasteiger partial charge in [-0.2, -0.15) is 0 Å². The quantitative estimate of drug-likeness (QED) is 0.622. The highest BCUT2D eigenvalue weighted by Crippen LogP contribution is 2.13. The van der Waals surface area contributed by atoms with Crippen molar-refractivity contribution < 1.29 is 0 Å². The summed E-state index contributed by atoms with van der Waals surface area (Å²) >= 11 is 0. The molecule has 60 valence electrons. The molecule has 0 saturated heterocycles. The van der Waals surface area contributed by atoms with Gasteiger partial charge in [-0.1, -0.05) is 0 Å². The largest absolute Gasteiger partial charge is 0.382 e. The van der Waals surface area contributed by atoms with Gasteiger partial charge in [-0.25, -0.2) is 9.97 Å². The Bertz CT molecular complexity index is 424. The molecule has 12 heavy (non-hydrogen) atoms. The lowest BCUT2D eigenvalue weighted by Gasteiger charge is -1.99. The zero-order valence-corrected chi connectivity index (χ0v) is 6.65. The molecule has 4 heteroatoms. The van der Waals surface area contributed by atoms with Crippen molar-refractivity contribution in [3.8, 4) is 0 Å². The van der Waals surface area contributed by atoms with Gasteiger partial charge in [0.05, 0.1) is 5.52 Å². The van der Waals surface area contributed by atoms with Gasteiger partial charge in [0.2, 0.25) is 0 Å². The van der Waals surface area contributed by atoms with Gasteiger partial charge in [0.25, 0.3) is 0 Å². The van der Waals surface area contributed by atoms with Crippen molar-refractivity contribution in [1.29, 1.82) is 0 Å². The number of nitrogens with two attached hydrogens (primary N) is 1. The maximum Gasteiger partial charge on any atom is 0.153 e. The van der Waals surface area contributed by atoms with Crippen molar-refractivity contribution >= 4 is 16.9 Å². The Morgan fingerprint density at radius 2 is 2.17 bits per heavy atom. The molecule has 0 unspecified atom stereocenters. The number of fused-ring (bicyclic) bond motifs is 1. The fourth-order valence-electron chi connectivity index (χ4n) is 1.11. The fourth-order valence-corrected chi connectivity index (χ4v) is 1.11. The van der Waals surface area contributed by atoms with E-state index in [2.05, 4.69) is 15.0 Å². The van der Waals surface area contributed by atoms with E-state index in [1.54, 1.807) is 6.20 Å². The Morgan fingerprint density at radius 1 is 1.33 bits per heavy atom. The van der Waals surface area contributed by atoms with Crippen LogP contribution in [0.3, 0.4) is 0 Å². The Balaban J connectivity index is 2.89. The second kappa shape index (κ2) is 2.41. The van der Waals surface area contributed by atoms with Gasteiger partial charge in [0.15, 0.2) is 5.82 Å². The van der Waals surface area contributed by atoms with Crippen LogP contribution in [-0.2, 0) is 0 Å². The van der Waals surface area contributed by atoms with Crippen molar-refractivity contribution in [3.05, 3.63) is 24.2 Å². The second-order valence-corrected chi connectivity index (χ2v) is 2.53. The average molecular weight is 160 g/mol. The molecule has 0 aliphatic heterocycles. The Hall–Kier alpha value is -1.71. The molecular weight excluding hydrogens is 152 g/mol. The summed E-state index contributed by atoms with van der Waals surface area (Å²) in [5.41, 5.74) is 7.11. The van der Waals surface area contributed by atoms with Gasteiger partial charge in [-0.05, 0) is 19.1 Å². The smallest absolute Gasteiger partial charge is 0.153 e. The maximum atomic E-state index is 5.64. The van der Waals surface area contributed by atoms with Crippen LogP contribution in [0.4, 0.5) is 5.82 Å². The number of nitrogens with zero attached hydrogens (tertiary/aromatic N) is 3. The first kappa shape index (κ1) is 6.97. The fraction of sp³-hybridized carbons (Fsp3) is 0.125. The van der Waals surface area contributed by atoms with E-state index in [-0.39, 0.29) is 0 Å². The standard InChI is InChI=1S/C8H8N4/c1-5-11-6-3-2-4-10-7(6)8(9)12-5/h2-4H,1H3,(H2,9,11,12). The number of aryl methyl sites for hydroxylation is 1. The van der Waals surface area contributed by atoms with Crippen LogP contribution in [0.25, 0.3) is 11.0 Å². The summed E-state index contributed by atoms with van der Waals surface area (Å²) in [7, 11) is 0. The van der Waals surface area contributed by atoms with E-state index >= 15 is 0 Å². The molecular formula is C8H8N4. The first-order chi connectivity index (χ1) is 5.77. The van der Waals surface area contributed by atoms with Crippen LogP contribution in [0, 0.1) is 6.92 Å². The van der Waals surface area contributed by atoms with Crippen molar-refractivity contribution in [2.24, 2.45) is 0 Å². The second-order valence-electron chi connectivity index (χ2n) is 2.53. The molecule has 0 fully saturated rings. The molecule has 2 rings (SSSR count). The number of nitrogen functional groups attached to an aromatic ring is 1. The number of hydrogen-bond donors (Lipinski definition) is 1. The van der Waals surface area contributed by atoms with Crippen LogP contribution in [0.5, 0.6) is 0 Å². The van der Waals surface area contributed by atoms with Gasteiger partial charge < -0.3 is 5.73 Å². The van der Waals surface area contributed by atoms with Crippen LogP contribution in [0.15, 0.2) is 18.3 Å². The van der Waals surface area contributed by atoms with E-state index in [1.165, 1.54) is 0 Å². The molecule has 0 bridgehead atoms. The van der Waals surface area contributed by atoms with Gasteiger partial charge in [0, 0.05) is 6.20 Å². The molecule has 0 atom stereocenters. The highest BCUT2D eigenvalue weighted by molar-refractivity contribution is 5.83. The van der Waals surface area contributed by atoms with Crippen molar-refractivity contribution in [2.45, 2.75) is 6.92 Å². The highest BCUT2D eigenvalue weighted by Gasteiger charge is 2.01. The summed E-state index contributed by atoms with van der Waals surface area (Å²) in [4.78, 5) is 12.3. The third-order valence-electron chi connectivity index (χ3n) is 1.59. The Kier molecular flexibility index (Phi) is 1.40. The van der Waals surface area contributed by atoms with Crippen LogP contribution >= 0.6 is 0 Å². The molecule has 4 nitrogen and oxygen atoms in total. The summed E-state index contributed by atoms with van der Waals surface area (Å²) in [6.45, 7) is 1.81.